The summed E-state index contributed by atoms with van der Waals surface area (Å²) < 4.78 is 5.92. The number of nitrogens with one attached hydrogen (secondary N) is 3. The summed E-state index contributed by atoms with van der Waals surface area (Å²) in [5.41, 5.74) is 4.51. The van der Waals surface area contributed by atoms with Gasteiger partial charge in [-0.2, -0.15) is 0 Å². The van der Waals surface area contributed by atoms with Crippen LogP contribution in [0.5, 0.6) is 5.75 Å². The van der Waals surface area contributed by atoms with Crippen molar-refractivity contribution in [1.82, 2.24) is 5.32 Å². The molecule has 0 fully saturated rings. The number of anilines is 3. The highest BCUT2D eigenvalue weighted by molar-refractivity contribution is 7.80. The maximum Gasteiger partial charge on any atom is 0.231 e. The van der Waals surface area contributed by atoms with Crippen molar-refractivity contribution in [2.75, 3.05) is 17.2 Å². The van der Waals surface area contributed by atoms with Gasteiger partial charge in [-0.25, -0.2) is 0 Å². The van der Waals surface area contributed by atoms with Crippen molar-refractivity contribution < 1.29 is 9.53 Å². The third kappa shape index (κ3) is 7.59. The third-order valence-electron chi connectivity index (χ3n) is 5.59. The Kier molecular flexibility index (Phi) is 8.66. The topological polar surface area (TPSA) is 62.4 Å². The summed E-state index contributed by atoms with van der Waals surface area (Å²) in [6, 6.07) is 23.9. The van der Waals surface area contributed by atoms with Crippen molar-refractivity contribution in [3.8, 4) is 5.75 Å². The summed E-state index contributed by atoms with van der Waals surface area (Å²) in [6.07, 6.45) is 1.45. The van der Waals surface area contributed by atoms with Crippen LogP contribution in [0.1, 0.15) is 37.8 Å². The zero-order valence-corrected chi connectivity index (χ0v) is 21.1. The molecule has 0 aliphatic heterocycles. The smallest absolute Gasteiger partial charge is 0.231 e. The first-order chi connectivity index (χ1) is 16.2. The Morgan fingerprint density at radius 1 is 0.912 bits per heavy atom. The van der Waals surface area contributed by atoms with Gasteiger partial charge < -0.3 is 20.7 Å². The fourth-order valence-electron chi connectivity index (χ4n) is 3.43. The highest BCUT2D eigenvalue weighted by Crippen LogP contribution is 2.24. The first-order valence-corrected chi connectivity index (χ1v) is 11.9. The number of rotatable bonds is 9. The molecule has 0 unspecified atom stereocenters. The van der Waals surface area contributed by atoms with Crippen molar-refractivity contribution >= 4 is 40.3 Å². The summed E-state index contributed by atoms with van der Waals surface area (Å²) in [4.78, 5) is 12.8. The molecular formula is C28H33N3O2S. The number of thiocarbonyl (C=S) groups is 1. The first-order valence-electron chi connectivity index (χ1n) is 11.5. The molecule has 0 saturated heterocycles. The van der Waals surface area contributed by atoms with Gasteiger partial charge in [-0.05, 0) is 92.5 Å². The predicted molar refractivity (Wildman–Crippen MR) is 145 cm³/mol. The molecule has 178 valence electrons. The van der Waals surface area contributed by atoms with E-state index < -0.39 is 5.41 Å². The number of hydrogen-bond donors (Lipinski definition) is 3. The molecule has 6 heteroatoms. The second kappa shape index (κ2) is 11.7. The van der Waals surface area contributed by atoms with Crippen LogP contribution in [-0.4, -0.2) is 17.6 Å². The molecule has 0 aromatic heterocycles. The Labute approximate surface area is 207 Å². The Hall–Kier alpha value is -3.38. The van der Waals surface area contributed by atoms with E-state index in [4.69, 9.17) is 17.0 Å². The molecule has 3 N–H and O–H groups in total. The maximum absolute atomic E-state index is 12.8. The van der Waals surface area contributed by atoms with Crippen molar-refractivity contribution in [2.24, 2.45) is 5.41 Å². The number of benzene rings is 3. The predicted octanol–water partition coefficient (Wildman–Crippen LogP) is 6.75. The van der Waals surface area contributed by atoms with Gasteiger partial charge in [0.15, 0.2) is 5.11 Å². The number of ether oxygens (including phenoxy) is 1. The van der Waals surface area contributed by atoms with Crippen molar-refractivity contribution in [3.05, 3.63) is 83.9 Å². The number of carbonyl (C=O) groups is 1. The monoisotopic (exact) mass is 475 g/mol. The van der Waals surface area contributed by atoms with E-state index in [1.165, 1.54) is 5.56 Å². The van der Waals surface area contributed by atoms with Crippen LogP contribution < -0.4 is 20.7 Å². The van der Waals surface area contributed by atoms with Crippen molar-refractivity contribution in [2.45, 2.75) is 40.5 Å². The van der Waals surface area contributed by atoms with Gasteiger partial charge in [0.05, 0.1) is 6.61 Å². The highest BCUT2D eigenvalue weighted by Gasteiger charge is 2.27. The van der Waals surface area contributed by atoms with Crippen LogP contribution in [-0.2, 0) is 4.79 Å². The minimum absolute atomic E-state index is 0.112. The summed E-state index contributed by atoms with van der Waals surface area (Å²) in [7, 11) is 0. The van der Waals surface area contributed by atoms with Gasteiger partial charge in [-0.15, -0.1) is 0 Å². The lowest BCUT2D eigenvalue weighted by molar-refractivity contribution is -0.128. The van der Waals surface area contributed by atoms with Gasteiger partial charge in [0, 0.05) is 22.5 Å². The van der Waals surface area contributed by atoms with E-state index in [1.807, 2.05) is 88.4 Å². The maximum atomic E-state index is 12.8. The van der Waals surface area contributed by atoms with Gasteiger partial charge in [0.1, 0.15) is 5.75 Å². The molecule has 0 aliphatic rings. The molecule has 0 radical (unpaired) electrons. The summed E-state index contributed by atoms with van der Waals surface area (Å²) in [5, 5.41) is 9.53. The zero-order valence-electron chi connectivity index (χ0n) is 20.3. The first kappa shape index (κ1) is 25.2. The van der Waals surface area contributed by atoms with Gasteiger partial charge in [0.25, 0.3) is 0 Å². The van der Waals surface area contributed by atoms with Crippen LogP contribution in [0, 0.1) is 19.3 Å². The number of amides is 1. The number of hydrogen-bond acceptors (Lipinski definition) is 4. The van der Waals surface area contributed by atoms with E-state index in [-0.39, 0.29) is 11.0 Å². The molecule has 0 heterocycles. The SMILES string of the molecule is Cc1ccc(C)c(OCCCC(C)(C)C(=O)NC(=S)Nc2ccc(Nc3ccccc3)cc2)c1. The minimum atomic E-state index is -0.569. The van der Waals surface area contributed by atoms with E-state index in [9.17, 15) is 4.79 Å². The third-order valence-corrected chi connectivity index (χ3v) is 5.80. The Morgan fingerprint density at radius 3 is 2.26 bits per heavy atom. The van der Waals surface area contributed by atoms with Crippen LogP contribution >= 0.6 is 12.2 Å². The van der Waals surface area contributed by atoms with E-state index in [0.29, 0.717) is 13.0 Å². The molecule has 34 heavy (non-hydrogen) atoms. The van der Waals surface area contributed by atoms with Crippen molar-refractivity contribution in [1.29, 1.82) is 0 Å². The fourth-order valence-corrected chi connectivity index (χ4v) is 3.64. The number of aryl methyl sites for hydroxylation is 2. The average Bonchev–Trinajstić information content (AvgIpc) is 2.81. The van der Waals surface area contributed by atoms with Crippen LogP contribution in [0.25, 0.3) is 0 Å². The van der Waals surface area contributed by atoms with Crippen LogP contribution in [0.3, 0.4) is 0 Å². The van der Waals surface area contributed by atoms with E-state index >= 15 is 0 Å². The normalized spacial score (nSPS) is 10.9. The molecule has 5 nitrogen and oxygen atoms in total. The van der Waals surface area contributed by atoms with Crippen molar-refractivity contribution in [3.63, 3.8) is 0 Å². The fraction of sp³-hybridized carbons (Fsp3) is 0.286. The summed E-state index contributed by atoms with van der Waals surface area (Å²) >= 11 is 5.36. The Balaban J connectivity index is 1.43. The second-order valence-corrected chi connectivity index (χ2v) is 9.49. The molecule has 0 spiro atoms. The number of carbonyl (C=O) groups excluding carboxylic acids is 1. The molecule has 3 rings (SSSR count). The van der Waals surface area contributed by atoms with Crippen LogP contribution in [0.2, 0.25) is 0 Å². The van der Waals surface area contributed by atoms with Gasteiger partial charge in [0.2, 0.25) is 5.91 Å². The number of para-hydroxylation sites is 1. The molecule has 3 aromatic rings. The standard InChI is InChI=1S/C28H33N3O2S/c1-20-11-12-21(2)25(19-20)33-18-8-17-28(3,4)26(32)31-27(34)30-24-15-13-23(14-16-24)29-22-9-6-5-7-10-22/h5-7,9-16,19,29H,8,17-18H2,1-4H3,(H2,30,31,32,34). The molecule has 0 aliphatic carbocycles. The molecule has 1 amide bonds. The molecule has 0 bridgehead atoms. The molecule has 0 atom stereocenters. The summed E-state index contributed by atoms with van der Waals surface area (Å²) in [5.74, 6) is 0.789. The lowest BCUT2D eigenvalue weighted by atomic mass is 9.87. The van der Waals surface area contributed by atoms with Gasteiger partial charge >= 0.3 is 0 Å². The largest absolute Gasteiger partial charge is 0.493 e. The molecule has 3 aromatic carbocycles. The Bertz CT molecular complexity index is 1110. The van der Waals surface area contributed by atoms with E-state index in [2.05, 4.69) is 28.1 Å². The van der Waals surface area contributed by atoms with Crippen LogP contribution in [0.15, 0.2) is 72.8 Å². The van der Waals surface area contributed by atoms with E-state index in [1.54, 1.807) is 0 Å². The molecule has 0 saturated carbocycles. The lowest BCUT2D eigenvalue weighted by Crippen LogP contribution is -2.42. The molecular weight excluding hydrogens is 442 g/mol. The van der Waals surface area contributed by atoms with Gasteiger partial charge in [-0.3, -0.25) is 4.79 Å². The minimum Gasteiger partial charge on any atom is -0.493 e. The van der Waals surface area contributed by atoms with Crippen LogP contribution in [0.4, 0.5) is 17.1 Å². The quantitative estimate of drug-likeness (QED) is 0.236. The average molecular weight is 476 g/mol. The lowest BCUT2D eigenvalue weighted by Gasteiger charge is -2.24. The van der Waals surface area contributed by atoms with E-state index in [0.717, 1.165) is 34.8 Å². The highest BCUT2D eigenvalue weighted by atomic mass is 32.1. The zero-order chi connectivity index (χ0) is 24.6. The summed E-state index contributed by atoms with van der Waals surface area (Å²) in [6.45, 7) is 8.49. The Morgan fingerprint density at radius 2 is 1.56 bits per heavy atom. The second-order valence-electron chi connectivity index (χ2n) is 9.08. The van der Waals surface area contributed by atoms with Gasteiger partial charge in [-0.1, -0.05) is 44.2 Å².